The van der Waals surface area contributed by atoms with E-state index in [1.54, 1.807) is 26.0 Å². The van der Waals surface area contributed by atoms with E-state index in [-0.39, 0.29) is 29.9 Å². The van der Waals surface area contributed by atoms with E-state index in [4.69, 9.17) is 4.98 Å². The molecule has 3 N–H and O–H groups in total. The number of nitrogens with one attached hydrogen (secondary N) is 1. The number of nitrogens with zero attached hydrogens (tertiary/aromatic N) is 3. The van der Waals surface area contributed by atoms with Crippen molar-refractivity contribution in [1.82, 2.24) is 19.8 Å². The fourth-order valence-electron chi connectivity index (χ4n) is 5.02. The van der Waals surface area contributed by atoms with Gasteiger partial charge in [-0.25, -0.2) is 9.37 Å². The molecule has 192 valence electrons. The second-order valence-corrected chi connectivity index (χ2v) is 9.63. The van der Waals surface area contributed by atoms with Crippen molar-refractivity contribution in [2.75, 3.05) is 27.2 Å². The molecule has 1 atom stereocenters. The molecule has 9 heteroatoms. The van der Waals surface area contributed by atoms with Gasteiger partial charge in [0.25, 0.3) is 11.5 Å². The van der Waals surface area contributed by atoms with Crippen molar-refractivity contribution >= 4 is 16.8 Å². The molecule has 0 saturated heterocycles. The van der Waals surface area contributed by atoms with Crippen molar-refractivity contribution in [3.63, 3.8) is 0 Å². The van der Waals surface area contributed by atoms with Crippen LogP contribution in [0.15, 0.2) is 23.0 Å². The first-order chi connectivity index (χ1) is 17.1. The Morgan fingerprint density at radius 3 is 2.58 bits per heavy atom. The van der Waals surface area contributed by atoms with Gasteiger partial charge in [-0.15, -0.1) is 0 Å². The van der Waals surface area contributed by atoms with Crippen LogP contribution >= 0.6 is 0 Å². The number of carbonyl (C=O) groups excluding carboxylic acids is 1. The summed E-state index contributed by atoms with van der Waals surface area (Å²) in [6.45, 7) is 5.86. The first kappa shape index (κ1) is 25.9. The van der Waals surface area contributed by atoms with Crippen LogP contribution in [0.25, 0.3) is 22.3 Å². The first-order valence-corrected chi connectivity index (χ1v) is 12.2. The quantitative estimate of drug-likeness (QED) is 0.345. The molecule has 1 amide bonds. The fraction of sp³-hybridized carbons (Fsp3) is 0.444. The number of halogens is 1. The Bertz CT molecular complexity index is 1420. The number of benzene rings is 1. The van der Waals surface area contributed by atoms with Crippen LogP contribution in [0.2, 0.25) is 0 Å². The molecule has 1 aliphatic rings. The van der Waals surface area contributed by atoms with E-state index in [1.165, 1.54) is 10.6 Å². The third kappa shape index (κ3) is 4.11. The maximum absolute atomic E-state index is 14.4. The van der Waals surface area contributed by atoms with Crippen LogP contribution < -0.4 is 10.9 Å². The van der Waals surface area contributed by atoms with Gasteiger partial charge in [-0.1, -0.05) is 13.8 Å². The molecule has 36 heavy (non-hydrogen) atoms. The zero-order chi connectivity index (χ0) is 26.4. The van der Waals surface area contributed by atoms with Gasteiger partial charge in [-0.05, 0) is 57.1 Å². The third-order valence-electron chi connectivity index (χ3n) is 7.13. The predicted molar refractivity (Wildman–Crippen MR) is 136 cm³/mol. The number of pyridine rings is 2. The Kier molecular flexibility index (Phi) is 7.01. The van der Waals surface area contributed by atoms with Gasteiger partial charge in [0.05, 0.1) is 30.1 Å². The average molecular weight is 497 g/mol. The van der Waals surface area contributed by atoms with Crippen LogP contribution in [0.4, 0.5) is 4.39 Å². The van der Waals surface area contributed by atoms with Gasteiger partial charge in [0, 0.05) is 41.2 Å². The number of hydrogen-bond acceptors (Lipinski definition) is 6. The Balaban J connectivity index is 1.92. The number of aryl methyl sites for hydroxylation is 2. The highest BCUT2D eigenvalue weighted by Crippen LogP contribution is 2.39. The number of carbonyl (C=O) groups is 1. The van der Waals surface area contributed by atoms with Crippen molar-refractivity contribution in [2.45, 2.75) is 52.4 Å². The maximum Gasteiger partial charge on any atom is 0.257 e. The van der Waals surface area contributed by atoms with E-state index in [0.717, 1.165) is 16.5 Å². The number of aromatic nitrogens is 2. The normalized spacial score (nSPS) is 14.1. The Labute approximate surface area is 209 Å². The Hall–Kier alpha value is -3.14. The topological polar surface area (TPSA) is 108 Å². The number of aliphatic hydroxyl groups excluding tert-OH is 1. The molecule has 3 heterocycles. The molecule has 3 aromatic rings. The zero-order valence-electron chi connectivity index (χ0n) is 21.4. The lowest BCUT2D eigenvalue weighted by molar-refractivity contribution is -0.141. The molecule has 0 spiro atoms. The number of rotatable bonds is 8. The van der Waals surface area contributed by atoms with Crippen molar-refractivity contribution in [3.05, 3.63) is 62.2 Å². The van der Waals surface area contributed by atoms with Crippen molar-refractivity contribution in [1.29, 1.82) is 0 Å². The number of aliphatic hydroxyl groups is 2. The highest BCUT2D eigenvalue weighted by Gasteiger charge is 2.40. The molecule has 8 nitrogen and oxygen atoms in total. The van der Waals surface area contributed by atoms with Crippen molar-refractivity contribution in [2.24, 2.45) is 0 Å². The van der Waals surface area contributed by atoms with Gasteiger partial charge in [0.15, 0.2) is 5.60 Å². The smallest absolute Gasteiger partial charge is 0.257 e. The second kappa shape index (κ2) is 9.72. The molecule has 0 saturated carbocycles. The van der Waals surface area contributed by atoms with Crippen LogP contribution in [0, 0.1) is 12.7 Å². The van der Waals surface area contributed by atoms with Gasteiger partial charge in [-0.3, -0.25) is 9.59 Å². The lowest BCUT2D eigenvalue weighted by Gasteiger charge is -2.29. The van der Waals surface area contributed by atoms with Gasteiger partial charge in [0.2, 0.25) is 0 Å². The number of likely N-dealkylation sites (N-methyl/N-ethyl adjacent to an activating group) is 1. The summed E-state index contributed by atoms with van der Waals surface area (Å²) in [5.41, 5.74) is 1.32. The summed E-state index contributed by atoms with van der Waals surface area (Å²) in [6, 6.07) is 4.76. The van der Waals surface area contributed by atoms with E-state index in [1.807, 2.05) is 25.9 Å². The highest BCUT2D eigenvalue weighted by atomic mass is 19.1. The first-order valence-electron chi connectivity index (χ1n) is 12.2. The monoisotopic (exact) mass is 496 g/mol. The predicted octanol–water partition coefficient (Wildman–Crippen LogP) is 2.20. The molecule has 0 aliphatic carbocycles. The molecule has 1 aromatic carbocycles. The van der Waals surface area contributed by atoms with Gasteiger partial charge in [-0.2, -0.15) is 0 Å². The van der Waals surface area contributed by atoms with Crippen molar-refractivity contribution in [3.8, 4) is 11.4 Å². The Morgan fingerprint density at radius 1 is 1.25 bits per heavy atom. The van der Waals surface area contributed by atoms with Crippen LogP contribution in [0.1, 0.15) is 48.1 Å². The lowest BCUT2D eigenvalue weighted by atomic mass is 9.86. The second-order valence-electron chi connectivity index (χ2n) is 9.63. The van der Waals surface area contributed by atoms with E-state index >= 15 is 0 Å². The lowest BCUT2D eigenvalue weighted by Crippen LogP contribution is -2.47. The van der Waals surface area contributed by atoms with Gasteiger partial charge in [0.1, 0.15) is 5.82 Å². The number of amides is 1. The van der Waals surface area contributed by atoms with E-state index in [2.05, 4.69) is 5.32 Å². The summed E-state index contributed by atoms with van der Waals surface area (Å²) in [5, 5.41) is 25.2. The molecule has 0 radical (unpaired) electrons. The van der Waals surface area contributed by atoms with E-state index in [9.17, 15) is 24.2 Å². The molecule has 4 rings (SSSR count). The standard InChI is InChI=1S/C27H33FN4O4/c1-6-16-17-10-15(3)21(28)12-22(17)30-24-18(16)13-32-23(24)11-20(19(14-33)25(32)34)27(36,7-2)26(35)29-8-9-31(4)5/h10-12,33,36H,6-9,13-14H2,1-5H3,(H,29,35)/t27-/m0/s1. The number of fused-ring (bicyclic) bond motifs is 4. The van der Waals surface area contributed by atoms with Crippen LogP contribution in [-0.2, 0) is 30.0 Å². The van der Waals surface area contributed by atoms with Crippen LogP contribution in [0.3, 0.4) is 0 Å². The summed E-state index contributed by atoms with van der Waals surface area (Å²) in [5.74, 6) is -0.999. The minimum Gasteiger partial charge on any atom is -0.391 e. The fourth-order valence-corrected chi connectivity index (χ4v) is 5.02. The van der Waals surface area contributed by atoms with Crippen LogP contribution in [-0.4, -0.2) is 57.8 Å². The summed E-state index contributed by atoms with van der Waals surface area (Å²) >= 11 is 0. The molecule has 0 bridgehead atoms. The highest BCUT2D eigenvalue weighted by molar-refractivity contribution is 5.90. The molecule has 1 aliphatic heterocycles. The van der Waals surface area contributed by atoms with E-state index < -0.39 is 23.7 Å². The molecular formula is C27H33FN4O4. The molecule has 2 aromatic heterocycles. The van der Waals surface area contributed by atoms with E-state index in [0.29, 0.717) is 42.0 Å². The minimum atomic E-state index is -2.02. The number of hydrogen-bond donors (Lipinski definition) is 3. The summed E-state index contributed by atoms with van der Waals surface area (Å²) in [7, 11) is 3.74. The molecular weight excluding hydrogens is 463 g/mol. The Morgan fingerprint density at radius 2 is 1.97 bits per heavy atom. The van der Waals surface area contributed by atoms with Crippen LogP contribution in [0.5, 0.6) is 0 Å². The van der Waals surface area contributed by atoms with Gasteiger partial charge >= 0.3 is 0 Å². The molecule has 0 unspecified atom stereocenters. The summed E-state index contributed by atoms with van der Waals surface area (Å²) < 4.78 is 15.9. The maximum atomic E-state index is 14.4. The average Bonchev–Trinajstić information content (AvgIpc) is 3.21. The third-order valence-corrected chi connectivity index (χ3v) is 7.13. The van der Waals surface area contributed by atoms with Gasteiger partial charge < -0.3 is 25.0 Å². The summed E-state index contributed by atoms with van der Waals surface area (Å²) in [6.07, 6.45) is 0.654. The largest absolute Gasteiger partial charge is 0.391 e. The SMILES string of the molecule is CCc1c2c(nc3cc(F)c(C)cc13)-c1cc([C@@](O)(CC)C(=O)NCCN(C)C)c(CO)c(=O)n1C2. The zero-order valence-corrected chi connectivity index (χ0v) is 21.4. The van der Waals surface area contributed by atoms with Crippen molar-refractivity contribution < 1.29 is 19.4 Å². The minimum absolute atomic E-state index is 0.000600. The summed E-state index contributed by atoms with van der Waals surface area (Å²) in [4.78, 5) is 33.3. The molecule has 0 fully saturated rings.